The molecule has 156 valence electrons. The molecule has 0 heterocycles. The van der Waals surface area contributed by atoms with E-state index in [9.17, 15) is 17.6 Å². The molecule has 30 heavy (non-hydrogen) atoms. The van der Waals surface area contributed by atoms with E-state index in [1.165, 1.54) is 42.5 Å². The summed E-state index contributed by atoms with van der Waals surface area (Å²) in [5.41, 5.74) is 0.910. The zero-order valence-corrected chi connectivity index (χ0v) is 17.0. The van der Waals surface area contributed by atoms with Gasteiger partial charge in [-0.05, 0) is 48.9 Å². The van der Waals surface area contributed by atoms with E-state index in [1.54, 1.807) is 13.0 Å². The van der Waals surface area contributed by atoms with Crippen molar-refractivity contribution in [3.05, 3.63) is 90.2 Å². The zero-order valence-electron chi connectivity index (χ0n) is 16.2. The number of carbonyl (C=O) groups is 1. The predicted molar refractivity (Wildman–Crippen MR) is 112 cm³/mol. The van der Waals surface area contributed by atoms with Crippen molar-refractivity contribution in [1.82, 2.24) is 4.72 Å². The Morgan fingerprint density at radius 2 is 1.60 bits per heavy atom. The molecule has 0 aromatic heterocycles. The average molecular weight is 428 g/mol. The maximum Gasteiger partial charge on any atom is 0.262 e. The van der Waals surface area contributed by atoms with E-state index in [0.29, 0.717) is 5.75 Å². The van der Waals surface area contributed by atoms with Gasteiger partial charge in [0, 0.05) is 6.04 Å². The fourth-order valence-electron chi connectivity index (χ4n) is 2.72. The number of hydrogen-bond acceptors (Lipinski definition) is 4. The number of sulfonamides is 1. The van der Waals surface area contributed by atoms with Crippen LogP contribution in [0.3, 0.4) is 0 Å². The van der Waals surface area contributed by atoms with Crippen molar-refractivity contribution >= 4 is 21.6 Å². The number of hydrogen-bond donors (Lipinski definition) is 2. The Labute approximate surface area is 174 Å². The highest BCUT2D eigenvalue weighted by atomic mass is 32.2. The molecule has 2 N–H and O–H groups in total. The summed E-state index contributed by atoms with van der Waals surface area (Å²) >= 11 is 0. The molecule has 3 aromatic carbocycles. The Hall–Kier alpha value is -3.23. The van der Waals surface area contributed by atoms with E-state index in [4.69, 9.17) is 4.74 Å². The van der Waals surface area contributed by atoms with Crippen LogP contribution in [0.2, 0.25) is 0 Å². The molecule has 1 unspecified atom stereocenters. The molecule has 0 aliphatic rings. The van der Waals surface area contributed by atoms with Gasteiger partial charge in [0.1, 0.15) is 11.6 Å². The summed E-state index contributed by atoms with van der Waals surface area (Å²) in [6, 6.07) is 20.3. The first kappa shape index (κ1) is 21.5. The van der Waals surface area contributed by atoms with Crippen LogP contribution in [0.1, 0.15) is 18.5 Å². The van der Waals surface area contributed by atoms with Crippen molar-refractivity contribution in [2.75, 3.05) is 11.9 Å². The van der Waals surface area contributed by atoms with Gasteiger partial charge in [0.15, 0.2) is 6.61 Å². The van der Waals surface area contributed by atoms with Crippen LogP contribution < -0.4 is 14.8 Å². The Bertz CT molecular complexity index is 1100. The highest BCUT2D eigenvalue weighted by molar-refractivity contribution is 7.89. The van der Waals surface area contributed by atoms with Crippen LogP contribution in [0.15, 0.2) is 83.8 Å². The van der Waals surface area contributed by atoms with Crippen LogP contribution in [-0.4, -0.2) is 20.9 Å². The second-order valence-corrected chi connectivity index (χ2v) is 8.26. The molecule has 3 rings (SSSR count). The highest BCUT2D eigenvalue weighted by Crippen LogP contribution is 2.20. The Kier molecular flexibility index (Phi) is 6.81. The molecule has 8 heteroatoms. The monoisotopic (exact) mass is 428 g/mol. The van der Waals surface area contributed by atoms with Crippen LogP contribution in [0.25, 0.3) is 0 Å². The van der Waals surface area contributed by atoms with Gasteiger partial charge in [0.2, 0.25) is 10.0 Å². The second-order valence-electron chi connectivity index (χ2n) is 6.54. The normalized spacial score (nSPS) is 12.2. The smallest absolute Gasteiger partial charge is 0.262 e. The number of para-hydroxylation sites is 1. The Morgan fingerprint density at radius 3 is 2.27 bits per heavy atom. The zero-order chi connectivity index (χ0) is 21.6. The summed E-state index contributed by atoms with van der Waals surface area (Å²) in [6.07, 6.45) is 0. The first-order valence-corrected chi connectivity index (χ1v) is 10.7. The van der Waals surface area contributed by atoms with Crippen LogP contribution in [-0.2, 0) is 14.8 Å². The van der Waals surface area contributed by atoms with E-state index in [2.05, 4.69) is 10.0 Å². The van der Waals surface area contributed by atoms with Gasteiger partial charge in [-0.15, -0.1) is 0 Å². The number of rotatable bonds is 8. The van der Waals surface area contributed by atoms with Gasteiger partial charge in [0.25, 0.3) is 5.91 Å². The number of amides is 1. The summed E-state index contributed by atoms with van der Waals surface area (Å²) < 4.78 is 46.7. The Morgan fingerprint density at radius 1 is 0.967 bits per heavy atom. The highest BCUT2D eigenvalue weighted by Gasteiger charge is 2.18. The lowest BCUT2D eigenvalue weighted by Gasteiger charge is -2.15. The molecule has 0 saturated carbocycles. The standard InChI is InChI=1S/C22H21FN2O4S/c1-16(17-7-3-2-4-8-17)25-30(27,28)19-13-11-18(12-14-19)29-15-22(26)24-21-10-6-5-9-20(21)23/h2-14,16,25H,15H2,1H3,(H,24,26). The summed E-state index contributed by atoms with van der Waals surface area (Å²) in [4.78, 5) is 12.0. The molecule has 0 bridgehead atoms. The summed E-state index contributed by atoms with van der Waals surface area (Å²) in [5.74, 6) is -0.762. The largest absolute Gasteiger partial charge is 0.484 e. The quantitative estimate of drug-likeness (QED) is 0.570. The number of halogens is 1. The van der Waals surface area contributed by atoms with Gasteiger partial charge in [-0.25, -0.2) is 17.5 Å². The minimum absolute atomic E-state index is 0.0613. The third kappa shape index (κ3) is 5.65. The van der Waals surface area contributed by atoms with E-state index in [1.807, 2.05) is 30.3 Å². The molecular weight excluding hydrogens is 407 g/mol. The third-order valence-electron chi connectivity index (χ3n) is 4.28. The predicted octanol–water partition coefficient (Wildman–Crippen LogP) is 3.88. The van der Waals surface area contributed by atoms with Crippen molar-refractivity contribution in [1.29, 1.82) is 0 Å². The van der Waals surface area contributed by atoms with Crippen LogP contribution >= 0.6 is 0 Å². The maximum absolute atomic E-state index is 13.5. The van der Waals surface area contributed by atoms with Crippen LogP contribution in [0, 0.1) is 5.82 Å². The lowest BCUT2D eigenvalue weighted by Crippen LogP contribution is -2.26. The lowest BCUT2D eigenvalue weighted by atomic mass is 10.1. The van der Waals surface area contributed by atoms with Gasteiger partial charge in [0.05, 0.1) is 10.6 Å². The number of ether oxygens (including phenoxy) is 1. The molecule has 0 radical (unpaired) electrons. The Balaban J connectivity index is 1.57. The molecule has 0 aliphatic heterocycles. The van der Waals surface area contributed by atoms with Crippen molar-refractivity contribution in [2.45, 2.75) is 17.9 Å². The number of benzene rings is 3. The first-order valence-electron chi connectivity index (χ1n) is 9.20. The number of anilines is 1. The second kappa shape index (κ2) is 9.51. The molecule has 0 fully saturated rings. The van der Waals surface area contributed by atoms with Crippen molar-refractivity contribution in [3.63, 3.8) is 0 Å². The number of carbonyl (C=O) groups excluding carboxylic acids is 1. The molecule has 1 atom stereocenters. The van der Waals surface area contributed by atoms with Crippen LogP contribution in [0.4, 0.5) is 10.1 Å². The minimum atomic E-state index is -3.73. The fraction of sp³-hybridized carbons (Fsp3) is 0.136. The van der Waals surface area contributed by atoms with Gasteiger partial charge in [-0.1, -0.05) is 42.5 Å². The molecular formula is C22H21FN2O4S. The van der Waals surface area contributed by atoms with Crippen molar-refractivity contribution < 1.29 is 22.3 Å². The van der Waals surface area contributed by atoms with Crippen LogP contribution in [0.5, 0.6) is 5.75 Å². The summed E-state index contributed by atoms with van der Waals surface area (Å²) in [6.45, 7) is 1.42. The summed E-state index contributed by atoms with van der Waals surface area (Å²) in [5, 5.41) is 2.41. The molecule has 3 aromatic rings. The van der Waals surface area contributed by atoms with Gasteiger partial charge < -0.3 is 10.1 Å². The maximum atomic E-state index is 13.5. The SMILES string of the molecule is CC(NS(=O)(=O)c1ccc(OCC(=O)Nc2ccccc2F)cc1)c1ccccc1. The molecule has 1 amide bonds. The topological polar surface area (TPSA) is 84.5 Å². The third-order valence-corrected chi connectivity index (χ3v) is 5.84. The molecule has 0 saturated heterocycles. The summed E-state index contributed by atoms with van der Waals surface area (Å²) in [7, 11) is -3.73. The lowest BCUT2D eigenvalue weighted by molar-refractivity contribution is -0.118. The molecule has 6 nitrogen and oxygen atoms in total. The minimum Gasteiger partial charge on any atom is -0.484 e. The van der Waals surface area contributed by atoms with Gasteiger partial charge in [-0.3, -0.25) is 4.79 Å². The average Bonchev–Trinajstić information content (AvgIpc) is 2.74. The van der Waals surface area contributed by atoms with E-state index in [-0.39, 0.29) is 17.2 Å². The van der Waals surface area contributed by atoms with E-state index in [0.717, 1.165) is 5.56 Å². The molecule has 0 spiro atoms. The fourth-order valence-corrected chi connectivity index (χ4v) is 3.96. The first-order chi connectivity index (χ1) is 14.3. The van der Waals surface area contributed by atoms with Gasteiger partial charge in [-0.2, -0.15) is 0 Å². The molecule has 0 aliphatic carbocycles. The van der Waals surface area contributed by atoms with Crippen molar-refractivity contribution in [2.24, 2.45) is 0 Å². The number of nitrogens with one attached hydrogen (secondary N) is 2. The van der Waals surface area contributed by atoms with Crippen molar-refractivity contribution in [3.8, 4) is 5.75 Å². The van der Waals surface area contributed by atoms with E-state index >= 15 is 0 Å². The van der Waals surface area contributed by atoms with Gasteiger partial charge >= 0.3 is 0 Å². The van der Waals surface area contributed by atoms with E-state index < -0.39 is 27.8 Å².